The minimum absolute atomic E-state index is 0. The molecule has 0 radical (unpaired) electrons. The maximum atomic E-state index is 13.0. The van der Waals surface area contributed by atoms with E-state index in [1.807, 2.05) is 0 Å². The number of unbranched alkanes of at least 4 members (excludes halogenated alkanes) is 44. The molecule has 0 heterocycles. The van der Waals surface area contributed by atoms with E-state index >= 15 is 0 Å². The van der Waals surface area contributed by atoms with E-state index in [-0.39, 0.29) is 38.0 Å². The number of aliphatic hydroxyl groups is 1. The standard InChI is InChI=1S/C69H135NO17P2.2H3N/c1-4-7-10-13-16-19-22-25-28-32-37-42-47-52-66(72)80-59-64(86-68(74)54-49-44-39-33-29-26-23-20-17-14-11-8-5-2)61-84-88(76,77)82-57-63(71)58-83-89(78,79)85-62-65(60-81-67(73)53-48-43-38-35-31-36-41-46-51-56-70)87-69(75)55-50-45-40-34-30-27-24-21-18-15-12-9-6-3;;/h63-65,71H,4-62,70H2,1-3H3,(H,76,77)(H,78,79);2*1H3/t63-,64+,65+;;/m0../s1. The van der Waals surface area contributed by atoms with Crippen LogP contribution in [0.5, 0.6) is 0 Å². The summed E-state index contributed by atoms with van der Waals surface area (Å²) in [4.78, 5) is 72.5. The molecule has 0 rings (SSSR count). The van der Waals surface area contributed by atoms with Gasteiger partial charge in [0.05, 0.1) is 26.4 Å². The summed E-state index contributed by atoms with van der Waals surface area (Å²) in [6.07, 6.45) is 50.5. The highest BCUT2D eigenvalue weighted by atomic mass is 31.2. The molecule has 0 aliphatic heterocycles. The van der Waals surface area contributed by atoms with Crippen molar-refractivity contribution in [1.82, 2.24) is 12.3 Å². The first kappa shape index (κ1) is 93.1. The molecule has 0 fully saturated rings. The first-order chi connectivity index (χ1) is 43.2. The van der Waals surface area contributed by atoms with Crippen LogP contribution in [0.3, 0.4) is 0 Å². The maximum Gasteiger partial charge on any atom is 0.472 e. The van der Waals surface area contributed by atoms with Crippen LogP contribution >= 0.6 is 15.6 Å². The van der Waals surface area contributed by atoms with Crippen molar-refractivity contribution in [2.24, 2.45) is 5.73 Å². The van der Waals surface area contributed by atoms with Gasteiger partial charge in [0.1, 0.15) is 19.3 Å². The van der Waals surface area contributed by atoms with Gasteiger partial charge in [-0.3, -0.25) is 37.3 Å². The molecule has 20 nitrogen and oxygen atoms in total. The highest BCUT2D eigenvalue weighted by Gasteiger charge is 2.30. The van der Waals surface area contributed by atoms with Gasteiger partial charge >= 0.3 is 39.5 Å². The van der Waals surface area contributed by atoms with Gasteiger partial charge in [0.2, 0.25) is 0 Å². The van der Waals surface area contributed by atoms with Gasteiger partial charge in [0, 0.05) is 25.7 Å². The largest absolute Gasteiger partial charge is 0.472 e. The van der Waals surface area contributed by atoms with Crippen molar-refractivity contribution in [3.05, 3.63) is 0 Å². The number of phosphoric ester groups is 2. The zero-order valence-electron chi connectivity index (χ0n) is 58.4. The van der Waals surface area contributed by atoms with Crippen molar-refractivity contribution in [3.63, 3.8) is 0 Å². The molecule has 0 aliphatic carbocycles. The molecule has 0 bridgehead atoms. The van der Waals surface area contributed by atoms with E-state index in [9.17, 15) is 43.2 Å². The lowest BCUT2D eigenvalue weighted by Crippen LogP contribution is -2.30. The number of hydrogen-bond acceptors (Lipinski definition) is 18. The van der Waals surface area contributed by atoms with E-state index < -0.39 is 97.5 Å². The SMILES string of the molecule is CCCCCCCCCCCCCCCC(=O)OC[C@H](COP(=O)(O)OC[C@H](O)COP(=O)(O)OC[C@@H](COC(=O)CCCCCCCCCCCN)OC(=O)CCCCCCCCCCCCCCC)OC(=O)CCCCCCCCCCCCCCC.N.N. The van der Waals surface area contributed by atoms with Crippen molar-refractivity contribution in [2.75, 3.05) is 46.2 Å². The zero-order chi connectivity index (χ0) is 65.4. The van der Waals surface area contributed by atoms with Crippen molar-refractivity contribution in [3.8, 4) is 0 Å². The fourth-order valence-electron chi connectivity index (χ4n) is 10.6. The second-order valence-corrected chi connectivity index (χ2v) is 28.0. The van der Waals surface area contributed by atoms with Crippen LogP contribution in [0.15, 0.2) is 0 Å². The molecule has 91 heavy (non-hydrogen) atoms. The summed E-state index contributed by atoms with van der Waals surface area (Å²) in [6.45, 7) is 3.43. The fraction of sp³-hybridized carbons (Fsp3) is 0.942. The van der Waals surface area contributed by atoms with E-state index in [0.717, 1.165) is 122 Å². The second kappa shape index (κ2) is 69.3. The number of aliphatic hydroxyl groups excluding tert-OH is 1. The number of carbonyl (C=O) groups excluding carboxylic acids is 4. The van der Waals surface area contributed by atoms with Gasteiger partial charge < -0.3 is 51.9 Å². The van der Waals surface area contributed by atoms with Gasteiger partial charge in [0.25, 0.3) is 0 Å². The first-order valence-electron chi connectivity index (χ1n) is 36.5. The monoisotopic (exact) mass is 1350 g/mol. The molecule has 544 valence electrons. The van der Waals surface area contributed by atoms with Crippen LogP contribution in [0.2, 0.25) is 0 Å². The summed E-state index contributed by atoms with van der Waals surface area (Å²) < 4.78 is 68.2. The number of ether oxygens (including phenoxy) is 4. The number of esters is 4. The predicted octanol–water partition coefficient (Wildman–Crippen LogP) is 19.2. The maximum absolute atomic E-state index is 13.0. The number of hydrogen-bond donors (Lipinski definition) is 6. The quantitative estimate of drug-likeness (QED) is 0.0143. The predicted molar refractivity (Wildman–Crippen MR) is 367 cm³/mol. The topological polar surface area (TPSA) is 333 Å². The van der Waals surface area contributed by atoms with Gasteiger partial charge in [-0.05, 0) is 38.6 Å². The number of phosphoric acid groups is 2. The van der Waals surface area contributed by atoms with Gasteiger partial charge in [-0.2, -0.15) is 0 Å². The third-order valence-electron chi connectivity index (χ3n) is 16.2. The van der Waals surface area contributed by atoms with Gasteiger partial charge in [-0.25, -0.2) is 9.13 Å². The molecule has 0 saturated carbocycles. The smallest absolute Gasteiger partial charge is 0.462 e. The third-order valence-corrected chi connectivity index (χ3v) is 18.1. The molecular formula is C69H141N3O17P2. The number of rotatable bonds is 71. The lowest BCUT2D eigenvalue weighted by molar-refractivity contribution is -0.161. The first-order valence-corrected chi connectivity index (χ1v) is 39.5. The van der Waals surface area contributed by atoms with Crippen LogP contribution in [-0.4, -0.2) is 103 Å². The Labute approximate surface area is 554 Å². The van der Waals surface area contributed by atoms with E-state index in [1.165, 1.54) is 167 Å². The van der Waals surface area contributed by atoms with Crippen molar-refractivity contribution >= 4 is 39.5 Å². The Hall–Kier alpha value is -2.06. The molecule has 0 saturated heterocycles. The van der Waals surface area contributed by atoms with Crippen LogP contribution in [0.4, 0.5) is 0 Å². The average Bonchev–Trinajstić information content (AvgIpc) is 3.43. The molecule has 0 aromatic rings. The molecule has 0 aromatic carbocycles. The molecule has 22 heteroatoms. The Kier molecular flexibility index (Phi) is 70.9. The van der Waals surface area contributed by atoms with Crippen LogP contribution in [-0.2, 0) is 65.4 Å². The molecule has 0 aliphatic rings. The Morgan fingerprint density at radius 3 is 0.736 bits per heavy atom. The Morgan fingerprint density at radius 1 is 0.308 bits per heavy atom. The Balaban J connectivity index is -0.0000387. The zero-order valence-corrected chi connectivity index (χ0v) is 60.2. The minimum atomic E-state index is -4.95. The van der Waals surface area contributed by atoms with E-state index in [0.29, 0.717) is 25.7 Å². The van der Waals surface area contributed by atoms with Crippen molar-refractivity contribution in [1.29, 1.82) is 0 Å². The van der Waals surface area contributed by atoms with Gasteiger partial charge in [0.15, 0.2) is 12.2 Å². The number of nitrogens with two attached hydrogens (primary N) is 1. The summed E-state index contributed by atoms with van der Waals surface area (Å²) in [7, 11) is -9.90. The van der Waals surface area contributed by atoms with Crippen molar-refractivity contribution < 1.29 is 80.2 Å². The summed E-state index contributed by atoms with van der Waals surface area (Å²) in [5, 5.41) is 10.6. The third kappa shape index (κ3) is 69.1. The Bertz CT molecular complexity index is 1720. The average molecular weight is 1350 g/mol. The highest BCUT2D eigenvalue weighted by molar-refractivity contribution is 7.47. The van der Waals surface area contributed by atoms with Crippen molar-refractivity contribution in [2.45, 2.75) is 373 Å². The number of carbonyl (C=O) groups is 4. The van der Waals surface area contributed by atoms with Gasteiger partial charge in [-0.15, -0.1) is 0 Å². The van der Waals surface area contributed by atoms with Gasteiger partial charge in [-0.1, -0.05) is 297 Å². The van der Waals surface area contributed by atoms with E-state index in [4.69, 9.17) is 42.8 Å². The Morgan fingerprint density at radius 2 is 0.505 bits per heavy atom. The molecule has 0 spiro atoms. The minimum Gasteiger partial charge on any atom is -0.462 e. The molecule has 5 atom stereocenters. The summed E-state index contributed by atoms with van der Waals surface area (Å²) in [6, 6.07) is 0. The van der Waals surface area contributed by atoms with Crippen LogP contribution in [0.25, 0.3) is 0 Å². The summed E-state index contributed by atoms with van der Waals surface area (Å²) in [5.41, 5.74) is 5.58. The second-order valence-electron chi connectivity index (χ2n) is 25.1. The molecule has 2 unspecified atom stereocenters. The molecule has 11 N–H and O–H groups in total. The summed E-state index contributed by atoms with van der Waals surface area (Å²) >= 11 is 0. The molecular weight excluding hydrogens is 1200 g/mol. The lowest BCUT2D eigenvalue weighted by atomic mass is 10.0. The highest BCUT2D eigenvalue weighted by Crippen LogP contribution is 2.45. The van der Waals surface area contributed by atoms with Crippen LogP contribution < -0.4 is 18.0 Å². The lowest BCUT2D eigenvalue weighted by Gasteiger charge is -2.21. The van der Waals surface area contributed by atoms with Crippen LogP contribution in [0.1, 0.15) is 355 Å². The molecule has 0 aromatic heterocycles. The molecule has 0 amide bonds. The van der Waals surface area contributed by atoms with Crippen LogP contribution in [0, 0.1) is 0 Å². The summed E-state index contributed by atoms with van der Waals surface area (Å²) in [5.74, 6) is -2.14. The van der Waals surface area contributed by atoms with E-state index in [1.54, 1.807) is 0 Å². The fourth-order valence-corrected chi connectivity index (χ4v) is 12.2. The normalized spacial score (nSPS) is 13.7. The van der Waals surface area contributed by atoms with E-state index in [2.05, 4.69) is 20.8 Å².